The fourth-order valence-corrected chi connectivity index (χ4v) is 6.39. The van der Waals surface area contributed by atoms with Crippen LogP contribution in [-0.2, 0) is 17.9 Å². The first-order valence-corrected chi connectivity index (χ1v) is 16.6. The van der Waals surface area contributed by atoms with Gasteiger partial charge in [0.25, 0.3) is 0 Å². The van der Waals surface area contributed by atoms with Crippen LogP contribution in [0.15, 0.2) is 48.5 Å². The Morgan fingerprint density at radius 2 is 1.75 bits per heavy atom. The number of aromatic hydroxyl groups is 1. The van der Waals surface area contributed by atoms with Gasteiger partial charge in [-0.15, -0.1) is 11.3 Å². The number of rotatable bonds is 9. The largest absolute Gasteiger partial charge is 0.504 e. The Morgan fingerprint density at radius 1 is 1.00 bits per heavy atom. The molecule has 1 aliphatic carbocycles. The highest BCUT2D eigenvalue weighted by atomic mass is 32.1. The lowest BCUT2D eigenvalue weighted by Gasteiger charge is -2.15. The van der Waals surface area contributed by atoms with Gasteiger partial charge in [-0.1, -0.05) is 19.6 Å². The molecule has 8 heteroatoms. The van der Waals surface area contributed by atoms with Crippen molar-refractivity contribution in [3.63, 3.8) is 0 Å². The van der Waals surface area contributed by atoms with Gasteiger partial charge in [0.05, 0.1) is 25.6 Å². The topological polar surface area (TPSA) is 65.7 Å². The molecule has 2 aromatic carbocycles. The maximum Gasteiger partial charge on any atom is 0.161 e. The van der Waals surface area contributed by atoms with Crippen LogP contribution in [0.25, 0.3) is 33.0 Å². The number of methoxy groups -OCH3 is 2. The lowest BCUT2D eigenvalue weighted by atomic mass is 10.1. The average Bonchev–Trinajstić information content (AvgIpc) is 3.52. The SMILES string of the molecule is COc1ccc(-c2nn(COCC[Si](C)(C)C)c3c2Cc2sc(-c4ccc(O)c(OC)c4)cc2-3)cc1. The third-order valence-electron chi connectivity index (χ3n) is 6.49. The van der Waals surface area contributed by atoms with E-state index in [9.17, 15) is 5.11 Å². The fraction of sp³-hybridized carbons (Fsp3) is 0.321. The van der Waals surface area contributed by atoms with Gasteiger partial charge in [0.1, 0.15) is 12.5 Å². The van der Waals surface area contributed by atoms with Gasteiger partial charge in [0.2, 0.25) is 0 Å². The predicted octanol–water partition coefficient (Wildman–Crippen LogP) is 6.88. The molecule has 0 aliphatic heterocycles. The number of hydrogen-bond donors (Lipinski definition) is 1. The second-order valence-electron chi connectivity index (χ2n) is 10.3. The van der Waals surface area contributed by atoms with Crippen LogP contribution in [-0.4, -0.2) is 43.8 Å². The van der Waals surface area contributed by atoms with Crippen molar-refractivity contribution in [2.24, 2.45) is 0 Å². The van der Waals surface area contributed by atoms with Gasteiger partial charge in [-0.2, -0.15) is 5.10 Å². The minimum absolute atomic E-state index is 0.144. The molecule has 0 radical (unpaired) electrons. The maximum absolute atomic E-state index is 10.0. The summed E-state index contributed by atoms with van der Waals surface area (Å²) in [5.41, 5.74) is 6.68. The van der Waals surface area contributed by atoms with E-state index in [0.29, 0.717) is 12.5 Å². The van der Waals surface area contributed by atoms with E-state index in [-0.39, 0.29) is 5.75 Å². The normalized spacial score (nSPS) is 12.5. The monoisotopic (exact) mass is 520 g/mol. The first-order valence-electron chi connectivity index (χ1n) is 12.1. The molecule has 2 heterocycles. The van der Waals surface area contributed by atoms with Gasteiger partial charge in [-0.25, -0.2) is 4.68 Å². The number of benzene rings is 2. The van der Waals surface area contributed by atoms with Crippen molar-refractivity contribution in [1.82, 2.24) is 9.78 Å². The Kier molecular flexibility index (Phi) is 6.68. The summed E-state index contributed by atoms with van der Waals surface area (Å²) < 4.78 is 18.8. The van der Waals surface area contributed by atoms with Gasteiger partial charge >= 0.3 is 0 Å². The third-order valence-corrected chi connectivity index (χ3v) is 9.38. The van der Waals surface area contributed by atoms with E-state index < -0.39 is 8.07 Å². The van der Waals surface area contributed by atoms with E-state index in [0.717, 1.165) is 52.2 Å². The highest BCUT2D eigenvalue weighted by molar-refractivity contribution is 7.16. The van der Waals surface area contributed by atoms with E-state index in [4.69, 9.17) is 19.3 Å². The molecule has 0 amide bonds. The molecular formula is C28H32N2O4SSi. The number of hydrogen-bond acceptors (Lipinski definition) is 6. The van der Waals surface area contributed by atoms with Gasteiger partial charge in [0, 0.05) is 47.5 Å². The van der Waals surface area contributed by atoms with Crippen molar-refractivity contribution in [3.05, 3.63) is 59.0 Å². The molecule has 1 aliphatic rings. The Hall–Kier alpha value is -3.07. The molecule has 0 spiro atoms. The molecule has 0 saturated heterocycles. The molecule has 188 valence electrons. The van der Waals surface area contributed by atoms with E-state index >= 15 is 0 Å². The first-order chi connectivity index (χ1) is 17.3. The molecule has 4 aromatic rings. The standard InChI is InChI=1S/C28H32N2O4SSi/c1-32-20-9-6-18(7-10-20)27-22-16-26-21(28(22)30(29-27)17-34-12-13-36(3,4)5)15-25(35-26)19-8-11-23(31)24(14-19)33-2/h6-11,14-15,31H,12-13,16-17H2,1-5H3. The second kappa shape index (κ2) is 9.76. The predicted molar refractivity (Wildman–Crippen MR) is 148 cm³/mol. The Balaban J connectivity index is 1.51. The van der Waals surface area contributed by atoms with Crippen LogP contribution in [0.2, 0.25) is 25.7 Å². The van der Waals surface area contributed by atoms with Crippen molar-refractivity contribution in [1.29, 1.82) is 0 Å². The smallest absolute Gasteiger partial charge is 0.161 e. The number of phenolic OH excluding ortho intramolecular Hbond substituents is 1. The summed E-state index contributed by atoms with van der Waals surface area (Å²) in [5, 5.41) is 15.0. The molecule has 1 N–H and O–H groups in total. The number of nitrogens with zero attached hydrogens (tertiary/aromatic N) is 2. The van der Waals surface area contributed by atoms with Gasteiger partial charge in [-0.3, -0.25) is 0 Å². The maximum atomic E-state index is 10.0. The second-order valence-corrected chi connectivity index (χ2v) is 17.0. The molecule has 2 aromatic heterocycles. The van der Waals surface area contributed by atoms with E-state index in [1.165, 1.54) is 16.0 Å². The third kappa shape index (κ3) is 4.80. The lowest BCUT2D eigenvalue weighted by molar-refractivity contribution is 0.0799. The van der Waals surface area contributed by atoms with Crippen molar-refractivity contribution in [2.45, 2.75) is 38.8 Å². The van der Waals surface area contributed by atoms with Crippen molar-refractivity contribution in [3.8, 4) is 50.2 Å². The van der Waals surface area contributed by atoms with Crippen molar-refractivity contribution >= 4 is 19.4 Å². The first kappa shape index (κ1) is 24.6. The highest BCUT2D eigenvalue weighted by Gasteiger charge is 2.31. The van der Waals surface area contributed by atoms with Crippen LogP contribution >= 0.6 is 11.3 Å². The minimum Gasteiger partial charge on any atom is -0.504 e. The zero-order valence-corrected chi connectivity index (χ0v) is 23.2. The summed E-state index contributed by atoms with van der Waals surface area (Å²) >= 11 is 1.78. The number of ether oxygens (including phenoxy) is 3. The molecule has 5 rings (SSSR count). The van der Waals surface area contributed by atoms with E-state index in [1.54, 1.807) is 31.6 Å². The quantitative estimate of drug-likeness (QED) is 0.169. The van der Waals surface area contributed by atoms with Crippen molar-refractivity contribution in [2.75, 3.05) is 20.8 Å². The van der Waals surface area contributed by atoms with Crippen LogP contribution in [0.5, 0.6) is 17.2 Å². The van der Waals surface area contributed by atoms with Crippen LogP contribution in [0.3, 0.4) is 0 Å². The Labute approximate surface area is 217 Å². The van der Waals surface area contributed by atoms with E-state index in [2.05, 4.69) is 37.8 Å². The highest BCUT2D eigenvalue weighted by Crippen LogP contribution is 2.48. The molecular weight excluding hydrogens is 488 g/mol. The number of fused-ring (bicyclic) bond motifs is 3. The molecule has 0 fully saturated rings. The summed E-state index contributed by atoms with van der Waals surface area (Å²) in [5.74, 6) is 1.45. The molecule has 6 nitrogen and oxygen atoms in total. The van der Waals surface area contributed by atoms with Gasteiger partial charge < -0.3 is 19.3 Å². The Morgan fingerprint density at radius 3 is 2.44 bits per heavy atom. The van der Waals surface area contributed by atoms with Crippen LogP contribution in [0.4, 0.5) is 0 Å². The zero-order chi connectivity index (χ0) is 25.4. The summed E-state index contributed by atoms with van der Waals surface area (Å²) in [6, 6.07) is 16.9. The van der Waals surface area contributed by atoms with E-state index in [1.807, 2.05) is 28.9 Å². The van der Waals surface area contributed by atoms with Crippen LogP contribution in [0.1, 0.15) is 10.4 Å². The number of aromatic nitrogens is 2. The zero-order valence-electron chi connectivity index (χ0n) is 21.4. The summed E-state index contributed by atoms with van der Waals surface area (Å²) in [7, 11) is 2.08. The number of phenols is 1. The lowest BCUT2D eigenvalue weighted by Crippen LogP contribution is -2.22. The fourth-order valence-electron chi connectivity index (χ4n) is 4.47. The molecule has 0 saturated carbocycles. The number of thiophene rings is 1. The average molecular weight is 521 g/mol. The molecule has 0 atom stereocenters. The summed E-state index contributed by atoms with van der Waals surface area (Å²) in [6.07, 6.45) is 0.834. The van der Waals surface area contributed by atoms with Crippen LogP contribution < -0.4 is 9.47 Å². The van der Waals surface area contributed by atoms with Gasteiger partial charge in [0.15, 0.2) is 11.5 Å². The Bertz CT molecular complexity index is 1390. The molecule has 36 heavy (non-hydrogen) atoms. The minimum atomic E-state index is -1.17. The van der Waals surface area contributed by atoms with Gasteiger partial charge in [-0.05, 0) is 60.1 Å². The van der Waals surface area contributed by atoms with Crippen molar-refractivity contribution < 1.29 is 19.3 Å². The summed E-state index contributed by atoms with van der Waals surface area (Å²) in [6.45, 7) is 8.27. The van der Waals surface area contributed by atoms with Crippen LogP contribution in [0, 0.1) is 0 Å². The molecule has 0 unspecified atom stereocenters. The summed E-state index contributed by atoms with van der Waals surface area (Å²) in [4.78, 5) is 2.46. The molecule has 0 bridgehead atoms.